The fourth-order valence-electron chi connectivity index (χ4n) is 6.71. The summed E-state index contributed by atoms with van der Waals surface area (Å²) >= 11 is 0. The highest BCUT2D eigenvalue weighted by atomic mass is 19.4. The average Bonchev–Trinajstić information content (AvgIpc) is 3.61. The second-order valence-corrected chi connectivity index (χ2v) is 11.7. The first-order chi connectivity index (χ1) is 25.2. The number of hydrogen-bond acceptors (Lipinski definition) is 7. The van der Waals surface area contributed by atoms with E-state index in [0.29, 0.717) is 44.5 Å². The molecule has 2 aliphatic carbocycles. The Hall–Kier alpha value is -7.48. The van der Waals surface area contributed by atoms with Crippen molar-refractivity contribution in [2.45, 2.75) is 12.7 Å². The van der Waals surface area contributed by atoms with E-state index in [-0.39, 0.29) is 50.3 Å². The third-order valence-electron chi connectivity index (χ3n) is 8.75. The van der Waals surface area contributed by atoms with E-state index in [1.807, 2.05) is 24.3 Å². The number of hydrogen-bond donors (Lipinski definition) is 1. The van der Waals surface area contributed by atoms with E-state index in [9.17, 15) is 52.5 Å². The molecule has 53 heavy (non-hydrogen) atoms. The van der Waals surface area contributed by atoms with Crippen LogP contribution in [0.5, 0.6) is 17.2 Å². The van der Waals surface area contributed by atoms with Crippen molar-refractivity contribution < 1.29 is 40.9 Å². The molecule has 0 amide bonds. The third kappa shape index (κ3) is 5.93. The van der Waals surface area contributed by atoms with Crippen LogP contribution < -0.4 is 9.47 Å². The Morgan fingerprint density at radius 2 is 0.792 bits per heavy atom. The molecule has 0 aromatic heterocycles. The minimum absolute atomic E-state index is 0.157. The quantitative estimate of drug-likeness (QED) is 0.142. The second kappa shape index (κ2) is 12.4. The van der Waals surface area contributed by atoms with Gasteiger partial charge in [0, 0.05) is 22.3 Å². The van der Waals surface area contributed by atoms with E-state index in [1.165, 1.54) is 24.3 Å². The standard InChI is InChI=1S/C40H16F6N4O3/c41-39(42,43)52-26-7-1-20(2-8-26)22-5-11-28-30(13-22)34(24(16-47)17-48)32-15-33-35(25(18-49)19-50)31-14-23(6-12-29(31)37(33)38(51)36(28)32)21-3-9-27(10-4-21)53-40(44,45)46/h1-15,51H. The molecule has 1 N–H and O–H groups in total. The van der Waals surface area contributed by atoms with Gasteiger partial charge in [0.05, 0.1) is 0 Å². The first-order valence-electron chi connectivity index (χ1n) is 15.3. The van der Waals surface area contributed by atoms with Crippen molar-refractivity contribution in [2.75, 3.05) is 0 Å². The summed E-state index contributed by atoms with van der Waals surface area (Å²) in [6.07, 6.45) is -9.76. The van der Waals surface area contributed by atoms with Crippen LogP contribution >= 0.6 is 0 Å². The molecule has 0 aliphatic heterocycles. The molecule has 13 heteroatoms. The van der Waals surface area contributed by atoms with Gasteiger partial charge >= 0.3 is 12.7 Å². The molecule has 0 heterocycles. The lowest BCUT2D eigenvalue weighted by Gasteiger charge is -2.12. The lowest BCUT2D eigenvalue weighted by molar-refractivity contribution is -0.275. The molecule has 5 aromatic carbocycles. The summed E-state index contributed by atoms with van der Waals surface area (Å²) in [7, 11) is 0. The largest absolute Gasteiger partial charge is 0.573 e. The number of nitriles is 4. The number of phenolic OH excluding ortho intramolecular Hbond substituents is 1. The van der Waals surface area contributed by atoms with E-state index in [4.69, 9.17) is 0 Å². The van der Waals surface area contributed by atoms with Gasteiger partial charge in [0.15, 0.2) is 0 Å². The molecule has 0 fully saturated rings. The number of aromatic hydroxyl groups is 1. The van der Waals surface area contributed by atoms with Gasteiger partial charge in [0.1, 0.15) is 52.7 Å². The van der Waals surface area contributed by atoms with Gasteiger partial charge in [-0.25, -0.2) is 0 Å². The highest BCUT2D eigenvalue weighted by Crippen LogP contribution is 2.59. The molecule has 0 atom stereocenters. The van der Waals surface area contributed by atoms with E-state index in [0.717, 1.165) is 24.3 Å². The van der Waals surface area contributed by atoms with Crippen molar-refractivity contribution in [1.82, 2.24) is 0 Å². The average molecular weight is 715 g/mol. The molecule has 0 radical (unpaired) electrons. The van der Waals surface area contributed by atoms with Gasteiger partial charge in [0.25, 0.3) is 0 Å². The van der Waals surface area contributed by atoms with Crippen LogP contribution in [0.15, 0.2) is 102 Å². The normalized spacial score (nSPS) is 12.3. The molecule has 0 spiro atoms. The Bertz CT molecular complexity index is 2420. The van der Waals surface area contributed by atoms with Crippen LogP contribution in [0.4, 0.5) is 26.3 Å². The van der Waals surface area contributed by atoms with E-state index in [1.54, 1.807) is 42.5 Å². The summed E-state index contributed by atoms with van der Waals surface area (Å²) in [5, 5.41) is 52.1. The number of allylic oxidation sites excluding steroid dienone is 2. The molecule has 7 rings (SSSR count). The van der Waals surface area contributed by atoms with Crippen molar-refractivity contribution in [1.29, 1.82) is 21.0 Å². The molecule has 0 unspecified atom stereocenters. The summed E-state index contributed by atoms with van der Waals surface area (Å²) in [4.78, 5) is 0. The van der Waals surface area contributed by atoms with Crippen molar-refractivity contribution in [2.24, 2.45) is 0 Å². The lowest BCUT2D eigenvalue weighted by Crippen LogP contribution is -2.16. The van der Waals surface area contributed by atoms with Crippen LogP contribution in [0.1, 0.15) is 22.3 Å². The van der Waals surface area contributed by atoms with Crippen molar-refractivity contribution in [3.63, 3.8) is 0 Å². The molecule has 5 aromatic rings. The van der Waals surface area contributed by atoms with Crippen LogP contribution in [-0.2, 0) is 0 Å². The minimum Gasteiger partial charge on any atom is -0.507 e. The number of alkyl halides is 6. The maximum absolute atomic E-state index is 12.7. The SMILES string of the molecule is N#CC(C#N)=C1c2cc(-c3ccc(OC(F)(F)F)cc3)ccc2-c2c1cc1c(c2O)-c2ccc(-c3ccc(OC(F)(F)F)cc3)cc2C1=C(C#N)C#N. The Kier molecular flexibility index (Phi) is 7.94. The monoisotopic (exact) mass is 714 g/mol. The number of fused-ring (bicyclic) bond motifs is 6. The topological polar surface area (TPSA) is 134 Å². The maximum atomic E-state index is 12.7. The molecular formula is C40H16F6N4O3. The van der Waals surface area contributed by atoms with Crippen LogP contribution in [0.3, 0.4) is 0 Å². The van der Waals surface area contributed by atoms with E-state index >= 15 is 0 Å². The van der Waals surface area contributed by atoms with E-state index < -0.39 is 24.2 Å². The number of halogens is 6. The van der Waals surface area contributed by atoms with E-state index in [2.05, 4.69) is 9.47 Å². The van der Waals surface area contributed by atoms with Gasteiger partial charge in [-0.2, -0.15) is 21.0 Å². The van der Waals surface area contributed by atoms with Gasteiger partial charge in [0.2, 0.25) is 0 Å². The summed E-state index contributed by atoms with van der Waals surface area (Å²) in [5.41, 5.74) is 4.42. The summed E-state index contributed by atoms with van der Waals surface area (Å²) < 4.78 is 84.2. The Labute approximate surface area is 296 Å². The molecule has 7 nitrogen and oxygen atoms in total. The van der Waals surface area contributed by atoms with Gasteiger partial charge in [-0.15, -0.1) is 26.3 Å². The van der Waals surface area contributed by atoms with Crippen molar-refractivity contribution in [3.8, 4) is 86.0 Å². The molecular weight excluding hydrogens is 698 g/mol. The van der Waals surface area contributed by atoms with Crippen LogP contribution in [-0.4, -0.2) is 17.8 Å². The minimum atomic E-state index is -4.88. The van der Waals surface area contributed by atoms with Crippen molar-refractivity contribution in [3.05, 3.63) is 124 Å². The van der Waals surface area contributed by atoms with Crippen molar-refractivity contribution >= 4 is 11.1 Å². The fourth-order valence-corrected chi connectivity index (χ4v) is 6.71. The number of nitrogens with zero attached hydrogens (tertiary/aromatic N) is 4. The zero-order valence-electron chi connectivity index (χ0n) is 26.5. The Balaban J connectivity index is 1.40. The highest BCUT2D eigenvalue weighted by Gasteiger charge is 2.38. The second-order valence-electron chi connectivity index (χ2n) is 11.7. The van der Waals surface area contributed by atoms with Gasteiger partial charge in [-0.05, 0) is 98.1 Å². The zero-order valence-corrected chi connectivity index (χ0v) is 26.5. The van der Waals surface area contributed by atoms with Crippen LogP contribution in [0, 0.1) is 45.3 Å². The summed E-state index contributed by atoms with van der Waals surface area (Å²) in [6, 6.07) is 29.3. The van der Waals surface area contributed by atoms with Crippen LogP contribution in [0.25, 0.3) is 55.7 Å². The first-order valence-corrected chi connectivity index (χ1v) is 15.3. The zero-order chi connectivity index (χ0) is 37.8. The Morgan fingerprint density at radius 3 is 1.11 bits per heavy atom. The summed E-state index contributed by atoms with van der Waals surface area (Å²) in [6.45, 7) is 0. The van der Waals surface area contributed by atoms with Gasteiger partial charge in [-0.3, -0.25) is 0 Å². The molecule has 256 valence electrons. The Morgan fingerprint density at radius 1 is 0.453 bits per heavy atom. The number of phenols is 1. The number of ether oxygens (including phenoxy) is 2. The predicted molar refractivity (Wildman–Crippen MR) is 178 cm³/mol. The predicted octanol–water partition coefficient (Wildman–Crippen LogP) is 10.2. The number of rotatable bonds is 4. The maximum Gasteiger partial charge on any atom is 0.573 e. The number of benzene rings is 5. The third-order valence-corrected chi connectivity index (χ3v) is 8.75. The molecule has 0 saturated heterocycles. The molecule has 0 saturated carbocycles. The molecule has 2 aliphatic rings. The van der Waals surface area contributed by atoms with Gasteiger partial charge in [-0.1, -0.05) is 48.5 Å². The van der Waals surface area contributed by atoms with Gasteiger partial charge < -0.3 is 14.6 Å². The lowest BCUT2D eigenvalue weighted by atomic mass is 9.92. The summed E-state index contributed by atoms with van der Waals surface area (Å²) in [5.74, 6) is -1.12. The van der Waals surface area contributed by atoms with Crippen LogP contribution in [0.2, 0.25) is 0 Å². The smallest absolute Gasteiger partial charge is 0.507 e. The molecule has 0 bridgehead atoms. The first kappa shape index (κ1) is 34.0. The fraction of sp³-hybridized carbons (Fsp3) is 0.0500. The highest BCUT2D eigenvalue weighted by molar-refractivity contribution is 6.14.